The summed E-state index contributed by atoms with van der Waals surface area (Å²) in [7, 11) is 0. The third-order valence-electron chi connectivity index (χ3n) is 5.17. The lowest BCUT2D eigenvalue weighted by Crippen LogP contribution is -2.45. The van der Waals surface area contributed by atoms with Crippen molar-refractivity contribution in [1.82, 2.24) is 9.80 Å². The predicted molar refractivity (Wildman–Crippen MR) is 94.8 cm³/mol. The molecular formula is C19H29N3O2. The van der Waals surface area contributed by atoms with Crippen LogP contribution in [0.1, 0.15) is 35.7 Å². The van der Waals surface area contributed by atoms with Gasteiger partial charge >= 0.3 is 0 Å². The first-order chi connectivity index (χ1) is 11.6. The van der Waals surface area contributed by atoms with E-state index >= 15 is 0 Å². The van der Waals surface area contributed by atoms with Gasteiger partial charge in [0.05, 0.1) is 13.2 Å². The summed E-state index contributed by atoms with van der Waals surface area (Å²) in [6.07, 6.45) is 2.17. The van der Waals surface area contributed by atoms with Gasteiger partial charge in [0, 0.05) is 44.3 Å². The van der Waals surface area contributed by atoms with Crippen molar-refractivity contribution >= 4 is 5.91 Å². The fourth-order valence-electron chi connectivity index (χ4n) is 3.63. The maximum absolute atomic E-state index is 12.9. The molecule has 5 nitrogen and oxygen atoms in total. The average molecular weight is 331 g/mol. The molecule has 2 aliphatic heterocycles. The summed E-state index contributed by atoms with van der Waals surface area (Å²) in [6, 6.07) is 8.23. The lowest BCUT2D eigenvalue weighted by molar-refractivity contribution is 0.0341. The molecule has 0 bridgehead atoms. The number of benzene rings is 1. The van der Waals surface area contributed by atoms with Gasteiger partial charge in [-0.25, -0.2) is 0 Å². The van der Waals surface area contributed by atoms with Crippen LogP contribution in [-0.2, 0) is 11.3 Å². The Hall–Kier alpha value is -1.43. The molecule has 1 aromatic rings. The van der Waals surface area contributed by atoms with Crippen LogP contribution in [0, 0.1) is 5.92 Å². The zero-order valence-corrected chi connectivity index (χ0v) is 14.6. The Balaban J connectivity index is 1.65. The van der Waals surface area contributed by atoms with Crippen molar-refractivity contribution in [2.45, 2.75) is 32.4 Å². The highest BCUT2D eigenvalue weighted by Crippen LogP contribution is 2.21. The molecule has 132 valence electrons. The predicted octanol–water partition coefficient (Wildman–Crippen LogP) is 1.72. The number of hydrogen-bond donors (Lipinski definition) is 1. The first-order valence-corrected chi connectivity index (χ1v) is 9.07. The van der Waals surface area contributed by atoms with E-state index in [4.69, 9.17) is 10.5 Å². The summed E-state index contributed by atoms with van der Waals surface area (Å²) < 4.78 is 5.40. The zero-order valence-electron chi connectivity index (χ0n) is 14.6. The quantitative estimate of drug-likeness (QED) is 0.913. The van der Waals surface area contributed by atoms with Crippen molar-refractivity contribution in [3.8, 4) is 0 Å². The molecule has 2 N–H and O–H groups in total. The lowest BCUT2D eigenvalue weighted by atomic mass is 9.92. The Labute approximate surface area is 144 Å². The normalized spacial score (nSPS) is 23.9. The minimum Gasteiger partial charge on any atom is -0.379 e. The molecule has 0 radical (unpaired) electrons. The van der Waals surface area contributed by atoms with E-state index < -0.39 is 0 Å². The van der Waals surface area contributed by atoms with Crippen LogP contribution in [0.25, 0.3) is 0 Å². The van der Waals surface area contributed by atoms with Crippen LogP contribution >= 0.6 is 0 Å². The molecule has 24 heavy (non-hydrogen) atoms. The Bertz CT molecular complexity index is 555. The molecule has 0 aromatic heterocycles. The van der Waals surface area contributed by atoms with Crippen LogP contribution in [0.3, 0.4) is 0 Å². The van der Waals surface area contributed by atoms with Gasteiger partial charge in [-0.3, -0.25) is 9.69 Å². The Morgan fingerprint density at radius 2 is 2.12 bits per heavy atom. The molecule has 2 saturated heterocycles. The summed E-state index contributed by atoms with van der Waals surface area (Å²) in [5.41, 5.74) is 8.04. The first-order valence-electron chi connectivity index (χ1n) is 9.07. The van der Waals surface area contributed by atoms with Crippen molar-refractivity contribution < 1.29 is 9.53 Å². The summed E-state index contributed by atoms with van der Waals surface area (Å²) in [5, 5.41) is 0. The third-order valence-corrected chi connectivity index (χ3v) is 5.17. The second-order valence-corrected chi connectivity index (χ2v) is 7.10. The van der Waals surface area contributed by atoms with Crippen molar-refractivity contribution in [2.75, 3.05) is 39.4 Å². The maximum atomic E-state index is 12.9. The number of rotatable bonds is 4. The van der Waals surface area contributed by atoms with E-state index in [1.165, 1.54) is 5.56 Å². The number of carbonyl (C=O) groups is 1. The molecule has 2 atom stereocenters. The molecule has 2 unspecified atom stereocenters. The fourth-order valence-corrected chi connectivity index (χ4v) is 3.63. The van der Waals surface area contributed by atoms with E-state index in [9.17, 15) is 4.79 Å². The standard InChI is InChI=1S/C19H29N3O2/c1-15(20)18-6-3-7-22(14-18)19(23)17-5-2-4-16(12-17)13-21-8-10-24-11-9-21/h2,4-5,12,15,18H,3,6-11,13-14,20H2,1H3. The van der Waals surface area contributed by atoms with E-state index in [2.05, 4.69) is 11.0 Å². The molecule has 1 aromatic carbocycles. The van der Waals surface area contributed by atoms with Gasteiger partial charge in [-0.2, -0.15) is 0 Å². The average Bonchev–Trinajstić information content (AvgIpc) is 2.62. The number of nitrogens with zero attached hydrogens (tertiary/aromatic N) is 2. The smallest absolute Gasteiger partial charge is 0.253 e. The number of morpholine rings is 1. The third kappa shape index (κ3) is 4.35. The minimum absolute atomic E-state index is 0.143. The number of nitrogens with two attached hydrogens (primary N) is 1. The van der Waals surface area contributed by atoms with Crippen molar-refractivity contribution in [3.63, 3.8) is 0 Å². The SMILES string of the molecule is CC(N)C1CCCN(C(=O)c2cccc(CN3CCOCC3)c2)C1. The largest absolute Gasteiger partial charge is 0.379 e. The number of amides is 1. The second-order valence-electron chi connectivity index (χ2n) is 7.10. The molecule has 2 aliphatic rings. The highest BCUT2D eigenvalue weighted by atomic mass is 16.5. The number of piperidine rings is 1. The number of likely N-dealkylation sites (tertiary alicyclic amines) is 1. The van der Waals surface area contributed by atoms with Gasteiger partial charge in [0.1, 0.15) is 0 Å². The molecule has 1 amide bonds. The summed E-state index contributed by atoms with van der Waals surface area (Å²) >= 11 is 0. The number of hydrogen-bond acceptors (Lipinski definition) is 4. The molecule has 0 saturated carbocycles. The van der Waals surface area contributed by atoms with E-state index in [0.29, 0.717) is 5.92 Å². The molecular weight excluding hydrogens is 302 g/mol. The molecule has 3 rings (SSSR count). The molecule has 2 heterocycles. The van der Waals surface area contributed by atoms with Gasteiger partial charge in [0.25, 0.3) is 5.91 Å². The van der Waals surface area contributed by atoms with Crippen molar-refractivity contribution in [1.29, 1.82) is 0 Å². The highest BCUT2D eigenvalue weighted by Gasteiger charge is 2.26. The molecule has 2 fully saturated rings. The van der Waals surface area contributed by atoms with Crippen LogP contribution in [0.2, 0.25) is 0 Å². The van der Waals surface area contributed by atoms with E-state index in [1.807, 2.05) is 30.0 Å². The number of ether oxygens (including phenoxy) is 1. The van der Waals surface area contributed by atoms with Crippen LogP contribution in [0.15, 0.2) is 24.3 Å². The fraction of sp³-hybridized carbons (Fsp3) is 0.632. The van der Waals surface area contributed by atoms with Crippen LogP contribution in [-0.4, -0.2) is 61.1 Å². The van der Waals surface area contributed by atoms with Crippen LogP contribution < -0.4 is 5.73 Å². The molecule has 0 aliphatic carbocycles. The Kier molecular flexibility index (Phi) is 5.87. The van der Waals surface area contributed by atoms with Gasteiger partial charge in [-0.15, -0.1) is 0 Å². The van der Waals surface area contributed by atoms with Gasteiger partial charge in [-0.1, -0.05) is 12.1 Å². The zero-order chi connectivity index (χ0) is 16.9. The Morgan fingerprint density at radius 3 is 2.88 bits per heavy atom. The lowest BCUT2D eigenvalue weighted by Gasteiger charge is -2.34. The van der Waals surface area contributed by atoms with E-state index in [0.717, 1.165) is 64.3 Å². The van der Waals surface area contributed by atoms with Gasteiger partial charge < -0.3 is 15.4 Å². The first kappa shape index (κ1) is 17.4. The monoisotopic (exact) mass is 331 g/mol. The van der Waals surface area contributed by atoms with Crippen molar-refractivity contribution in [3.05, 3.63) is 35.4 Å². The van der Waals surface area contributed by atoms with Gasteiger partial charge in [-0.05, 0) is 43.4 Å². The van der Waals surface area contributed by atoms with Gasteiger partial charge in [0.15, 0.2) is 0 Å². The summed E-state index contributed by atoms with van der Waals surface area (Å²) in [4.78, 5) is 17.2. The van der Waals surface area contributed by atoms with E-state index in [1.54, 1.807) is 0 Å². The number of carbonyl (C=O) groups excluding carboxylic acids is 1. The van der Waals surface area contributed by atoms with E-state index in [-0.39, 0.29) is 11.9 Å². The topological polar surface area (TPSA) is 58.8 Å². The Morgan fingerprint density at radius 1 is 1.33 bits per heavy atom. The molecule has 5 heteroatoms. The van der Waals surface area contributed by atoms with Crippen molar-refractivity contribution in [2.24, 2.45) is 11.7 Å². The minimum atomic E-state index is 0.143. The van der Waals surface area contributed by atoms with Crippen LogP contribution in [0.4, 0.5) is 0 Å². The molecule has 0 spiro atoms. The van der Waals surface area contributed by atoms with Gasteiger partial charge in [0.2, 0.25) is 0 Å². The maximum Gasteiger partial charge on any atom is 0.253 e. The second kappa shape index (κ2) is 8.10. The highest BCUT2D eigenvalue weighted by molar-refractivity contribution is 5.94. The summed E-state index contributed by atoms with van der Waals surface area (Å²) in [5.74, 6) is 0.559. The summed E-state index contributed by atoms with van der Waals surface area (Å²) in [6.45, 7) is 8.06. The van der Waals surface area contributed by atoms with Crippen LogP contribution in [0.5, 0.6) is 0 Å².